The summed E-state index contributed by atoms with van der Waals surface area (Å²) in [5, 5.41) is 14.7. The van der Waals surface area contributed by atoms with Gasteiger partial charge in [0.15, 0.2) is 5.96 Å². The first-order valence-electron chi connectivity index (χ1n) is 9.72. The SMILES string of the molecule is CN=C(NCc1ccc(NCCOC)cc1)NC(C)Cc1c(C)nn(C)c1C.I. The molecule has 162 valence electrons. The Morgan fingerprint density at radius 2 is 1.93 bits per heavy atom. The maximum absolute atomic E-state index is 5.05. The maximum atomic E-state index is 5.05. The lowest BCUT2D eigenvalue weighted by molar-refractivity contribution is 0.211. The minimum absolute atomic E-state index is 0. The van der Waals surface area contributed by atoms with Crippen molar-refractivity contribution >= 4 is 35.6 Å². The van der Waals surface area contributed by atoms with E-state index in [2.05, 4.69) is 71.1 Å². The van der Waals surface area contributed by atoms with Gasteiger partial charge in [-0.2, -0.15) is 5.10 Å². The number of benzene rings is 1. The number of methoxy groups -OCH3 is 1. The van der Waals surface area contributed by atoms with E-state index in [1.54, 1.807) is 14.2 Å². The van der Waals surface area contributed by atoms with E-state index in [-0.39, 0.29) is 30.0 Å². The number of nitrogens with one attached hydrogen (secondary N) is 3. The summed E-state index contributed by atoms with van der Waals surface area (Å²) in [6.07, 6.45) is 0.911. The lowest BCUT2D eigenvalue weighted by Crippen LogP contribution is -2.42. The van der Waals surface area contributed by atoms with Crippen LogP contribution in [-0.4, -0.2) is 49.1 Å². The van der Waals surface area contributed by atoms with Gasteiger partial charge in [-0.15, -0.1) is 24.0 Å². The van der Waals surface area contributed by atoms with Gasteiger partial charge >= 0.3 is 0 Å². The van der Waals surface area contributed by atoms with Crippen LogP contribution < -0.4 is 16.0 Å². The zero-order valence-corrected chi connectivity index (χ0v) is 20.7. The Hall–Kier alpha value is -1.81. The molecule has 1 heterocycles. The van der Waals surface area contributed by atoms with E-state index in [0.717, 1.165) is 36.9 Å². The van der Waals surface area contributed by atoms with Gasteiger partial charge in [-0.1, -0.05) is 12.1 Å². The number of hydrogen-bond acceptors (Lipinski definition) is 4. The molecule has 29 heavy (non-hydrogen) atoms. The Kier molecular flexibility index (Phi) is 11.0. The van der Waals surface area contributed by atoms with Crippen molar-refractivity contribution in [3.63, 3.8) is 0 Å². The lowest BCUT2D eigenvalue weighted by Gasteiger charge is -2.18. The van der Waals surface area contributed by atoms with Crippen molar-refractivity contribution in [2.24, 2.45) is 12.0 Å². The molecule has 1 aromatic heterocycles. The van der Waals surface area contributed by atoms with Crippen molar-refractivity contribution in [2.45, 2.75) is 39.8 Å². The highest BCUT2D eigenvalue weighted by molar-refractivity contribution is 14.0. The van der Waals surface area contributed by atoms with Crippen molar-refractivity contribution < 1.29 is 4.74 Å². The fourth-order valence-electron chi connectivity index (χ4n) is 3.12. The lowest BCUT2D eigenvalue weighted by atomic mass is 10.1. The third-order valence-corrected chi connectivity index (χ3v) is 4.83. The van der Waals surface area contributed by atoms with Crippen LogP contribution in [0.25, 0.3) is 0 Å². The minimum atomic E-state index is 0. The second-order valence-corrected chi connectivity index (χ2v) is 7.06. The number of nitrogens with zero attached hydrogens (tertiary/aromatic N) is 3. The van der Waals surface area contributed by atoms with Crippen molar-refractivity contribution in [1.82, 2.24) is 20.4 Å². The van der Waals surface area contributed by atoms with E-state index in [9.17, 15) is 0 Å². The standard InChI is InChI=1S/C21H34N6O.HI/c1-15(13-20-16(2)26-27(5)17(20)3)25-21(22-4)24-14-18-7-9-19(10-8-18)23-11-12-28-6;/h7-10,15,23H,11-14H2,1-6H3,(H2,22,24,25);1H. The molecule has 7 nitrogen and oxygen atoms in total. The van der Waals surface area contributed by atoms with Gasteiger partial charge < -0.3 is 20.7 Å². The molecule has 2 rings (SSSR count). The van der Waals surface area contributed by atoms with Crippen LogP contribution in [0, 0.1) is 13.8 Å². The molecule has 0 aliphatic carbocycles. The fraction of sp³-hybridized carbons (Fsp3) is 0.524. The Morgan fingerprint density at radius 1 is 1.24 bits per heavy atom. The molecular formula is C21H35IN6O. The van der Waals surface area contributed by atoms with Crippen LogP contribution in [-0.2, 0) is 24.8 Å². The van der Waals surface area contributed by atoms with Gasteiger partial charge in [0.2, 0.25) is 0 Å². The Balaban J connectivity index is 0.00000420. The Morgan fingerprint density at radius 3 is 2.48 bits per heavy atom. The van der Waals surface area contributed by atoms with Crippen LogP contribution in [0.4, 0.5) is 5.69 Å². The molecule has 2 aromatic rings. The van der Waals surface area contributed by atoms with E-state index in [0.29, 0.717) is 6.61 Å². The summed E-state index contributed by atoms with van der Waals surface area (Å²) in [7, 11) is 5.49. The zero-order chi connectivity index (χ0) is 20.5. The highest BCUT2D eigenvalue weighted by atomic mass is 127. The van der Waals surface area contributed by atoms with Crippen LogP contribution in [0.5, 0.6) is 0 Å². The van der Waals surface area contributed by atoms with Crippen molar-refractivity contribution in [2.75, 3.05) is 32.6 Å². The number of aliphatic imine (C=N–C) groups is 1. The quantitative estimate of drug-likeness (QED) is 0.208. The number of halogens is 1. The molecule has 1 aromatic carbocycles. The van der Waals surface area contributed by atoms with E-state index in [1.165, 1.54) is 16.8 Å². The molecule has 0 aliphatic rings. The van der Waals surface area contributed by atoms with Crippen molar-refractivity contribution in [3.8, 4) is 0 Å². The molecule has 0 saturated heterocycles. The molecule has 0 radical (unpaired) electrons. The normalized spacial score (nSPS) is 12.3. The Bertz CT molecular complexity index is 772. The highest BCUT2D eigenvalue weighted by Gasteiger charge is 2.14. The first-order chi connectivity index (χ1) is 13.4. The first-order valence-corrected chi connectivity index (χ1v) is 9.72. The Labute approximate surface area is 191 Å². The van der Waals surface area contributed by atoms with Crippen LogP contribution in [0.1, 0.15) is 29.4 Å². The molecule has 1 unspecified atom stereocenters. The van der Waals surface area contributed by atoms with Gasteiger partial charge in [0.25, 0.3) is 0 Å². The highest BCUT2D eigenvalue weighted by Crippen LogP contribution is 2.14. The molecule has 1 atom stereocenters. The van der Waals surface area contributed by atoms with Crippen LogP contribution in [0.3, 0.4) is 0 Å². The number of guanidine groups is 1. The van der Waals surface area contributed by atoms with Gasteiger partial charge in [-0.25, -0.2) is 0 Å². The smallest absolute Gasteiger partial charge is 0.191 e. The molecule has 3 N–H and O–H groups in total. The summed E-state index contributed by atoms with van der Waals surface area (Å²) in [5.41, 5.74) is 5.91. The topological polar surface area (TPSA) is 75.5 Å². The largest absolute Gasteiger partial charge is 0.383 e. The van der Waals surface area contributed by atoms with Crippen LogP contribution >= 0.6 is 24.0 Å². The van der Waals surface area contributed by atoms with Crippen molar-refractivity contribution in [3.05, 3.63) is 46.8 Å². The molecule has 0 spiro atoms. The van der Waals surface area contributed by atoms with Gasteiger partial charge in [0, 0.05) is 51.7 Å². The summed E-state index contributed by atoms with van der Waals surface area (Å²) in [4.78, 5) is 4.35. The van der Waals surface area contributed by atoms with Gasteiger partial charge in [0.05, 0.1) is 12.3 Å². The number of aromatic nitrogens is 2. The second kappa shape index (κ2) is 12.7. The fourth-order valence-corrected chi connectivity index (χ4v) is 3.12. The van der Waals surface area contributed by atoms with Gasteiger partial charge in [-0.3, -0.25) is 9.67 Å². The number of ether oxygens (including phenoxy) is 1. The predicted molar refractivity (Wildman–Crippen MR) is 131 cm³/mol. The van der Waals surface area contributed by atoms with Gasteiger partial charge in [-0.05, 0) is 50.5 Å². The molecule has 0 bridgehead atoms. The summed E-state index contributed by atoms with van der Waals surface area (Å²) in [6.45, 7) is 8.56. The minimum Gasteiger partial charge on any atom is -0.383 e. The van der Waals surface area contributed by atoms with Crippen LogP contribution in [0.2, 0.25) is 0 Å². The third-order valence-electron chi connectivity index (χ3n) is 4.83. The third kappa shape index (κ3) is 7.85. The average molecular weight is 514 g/mol. The van der Waals surface area contributed by atoms with Gasteiger partial charge in [0.1, 0.15) is 0 Å². The second-order valence-electron chi connectivity index (χ2n) is 7.06. The number of hydrogen-bond donors (Lipinski definition) is 3. The molecule has 8 heteroatoms. The summed E-state index contributed by atoms with van der Waals surface area (Å²) < 4.78 is 6.99. The van der Waals surface area contributed by atoms with E-state index >= 15 is 0 Å². The van der Waals surface area contributed by atoms with E-state index in [1.807, 2.05) is 11.7 Å². The predicted octanol–water partition coefficient (Wildman–Crippen LogP) is 3.01. The first kappa shape index (κ1) is 25.2. The van der Waals surface area contributed by atoms with Crippen LogP contribution in [0.15, 0.2) is 29.3 Å². The molecule has 0 saturated carbocycles. The maximum Gasteiger partial charge on any atom is 0.191 e. The molecular weight excluding hydrogens is 479 g/mol. The van der Waals surface area contributed by atoms with Crippen molar-refractivity contribution in [1.29, 1.82) is 0 Å². The summed E-state index contributed by atoms with van der Waals surface area (Å²) >= 11 is 0. The molecule has 0 fully saturated rings. The molecule has 0 aliphatic heterocycles. The zero-order valence-electron chi connectivity index (χ0n) is 18.4. The monoisotopic (exact) mass is 514 g/mol. The molecule has 0 amide bonds. The van der Waals surface area contributed by atoms with E-state index in [4.69, 9.17) is 4.74 Å². The average Bonchev–Trinajstić information content (AvgIpc) is 2.92. The summed E-state index contributed by atoms with van der Waals surface area (Å²) in [6, 6.07) is 8.64. The number of rotatable bonds is 9. The number of anilines is 1. The summed E-state index contributed by atoms with van der Waals surface area (Å²) in [5.74, 6) is 0.800. The number of aryl methyl sites for hydroxylation is 2. The van der Waals surface area contributed by atoms with E-state index < -0.39 is 0 Å².